The summed E-state index contributed by atoms with van der Waals surface area (Å²) in [5, 5.41) is 3.98. The molecule has 0 radical (unpaired) electrons. The molecule has 0 unspecified atom stereocenters. The van der Waals surface area contributed by atoms with Gasteiger partial charge in [-0.15, -0.1) is 0 Å². The number of hydrogen-bond donors (Lipinski definition) is 1. The van der Waals surface area contributed by atoms with Crippen molar-refractivity contribution in [2.24, 2.45) is 0 Å². The van der Waals surface area contributed by atoms with Crippen LogP contribution < -0.4 is 10.1 Å². The fourth-order valence-corrected chi connectivity index (χ4v) is 1.82. The van der Waals surface area contributed by atoms with E-state index in [4.69, 9.17) is 16.3 Å². The molecule has 0 atom stereocenters. The van der Waals surface area contributed by atoms with Gasteiger partial charge in [0, 0.05) is 30.9 Å². The zero-order valence-electron chi connectivity index (χ0n) is 10.2. The third kappa shape index (κ3) is 3.37. The molecule has 18 heavy (non-hydrogen) atoms. The van der Waals surface area contributed by atoms with E-state index in [2.05, 4.69) is 10.3 Å². The van der Waals surface area contributed by atoms with Crippen molar-refractivity contribution in [1.82, 2.24) is 4.98 Å². The Bertz CT molecular complexity index is 502. The fourth-order valence-electron chi connectivity index (χ4n) is 1.64. The number of nitrogens with zero attached hydrogens (tertiary/aromatic N) is 1. The van der Waals surface area contributed by atoms with Gasteiger partial charge in [0.05, 0.1) is 17.8 Å². The summed E-state index contributed by atoms with van der Waals surface area (Å²) in [5.41, 5.74) is 1.94. The van der Waals surface area contributed by atoms with Crippen LogP contribution in [0.2, 0.25) is 5.02 Å². The molecule has 94 valence electrons. The van der Waals surface area contributed by atoms with Crippen LogP contribution in [-0.2, 0) is 6.42 Å². The summed E-state index contributed by atoms with van der Waals surface area (Å²) < 4.78 is 5.16. The van der Waals surface area contributed by atoms with Gasteiger partial charge in [0.15, 0.2) is 0 Å². The maximum atomic E-state index is 6.10. The van der Waals surface area contributed by atoms with E-state index in [0.717, 1.165) is 30.1 Å². The minimum Gasteiger partial charge on any atom is -0.497 e. The van der Waals surface area contributed by atoms with Gasteiger partial charge in [0.25, 0.3) is 0 Å². The van der Waals surface area contributed by atoms with Crippen molar-refractivity contribution in [2.75, 3.05) is 19.0 Å². The molecule has 0 aliphatic heterocycles. The van der Waals surface area contributed by atoms with E-state index in [0.29, 0.717) is 5.02 Å². The zero-order chi connectivity index (χ0) is 12.8. The summed E-state index contributed by atoms with van der Waals surface area (Å²) >= 11 is 6.10. The molecule has 1 N–H and O–H groups in total. The van der Waals surface area contributed by atoms with Crippen molar-refractivity contribution in [3.63, 3.8) is 0 Å². The molecule has 0 spiro atoms. The topological polar surface area (TPSA) is 34.1 Å². The number of rotatable bonds is 5. The molecule has 0 aliphatic carbocycles. The molecule has 1 heterocycles. The molecule has 4 heteroatoms. The highest BCUT2D eigenvalue weighted by Crippen LogP contribution is 2.26. The number of aromatic nitrogens is 1. The van der Waals surface area contributed by atoms with Crippen LogP contribution in [0, 0.1) is 0 Å². The number of halogens is 1. The van der Waals surface area contributed by atoms with Crippen LogP contribution in [0.4, 0.5) is 5.69 Å². The first kappa shape index (κ1) is 12.7. The first-order valence-corrected chi connectivity index (χ1v) is 6.14. The predicted molar refractivity (Wildman–Crippen MR) is 74.4 cm³/mol. The summed E-state index contributed by atoms with van der Waals surface area (Å²) in [6.45, 7) is 0.782. The Morgan fingerprint density at radius 1 is 1.28 bits per heavy atom. The SMILES string of the molecule is COc1ccc(Cl)c(NCCc2ccccn2)c1. The highest BCUT2D eigenvalue weighted by Gasteiger charge is 2.02. The van der Waals surface area contributed by atoms with E-state index >= 15 is 0 Å². The Morgan fingerprint density at radius 3 is 2.89 bits per heavy atom. The molecule has 0 saturated carbocycles. The molecule has 1 aromatic carbocycles. The molecule has 0 aliphatic rings. The lowest BCUT2D eigenvalue weighted by molar-refractivity contribution is 0.415. The molecule has 0 saturated heterocycles. The normalized spacial score (nSPS) is 10.1. The first-order chi connectivity index (χ1) is 8.79. The second kappa shape index (κ2) is 6.26. The van der Waals surface area contributed by atoms with Gasteiger partial charge < -0.3 is 10.1 Å². The van der Waals surface area contributed by atoms with E-state index < -0.39 is 0 Å². The van der Waals surface area contributed by atoms with E-state index in [1.165, 1.54) is 0 Å². The van der Waals surface area contributed by atoms with Gasteiger partial charge in [-0.05, 0) is 24.3 Å². The van der Waals surface area contributed by atoms with Crippen LogP contribution in [0.25, 0.3) is 0 Å². The third-order valence-electron chi connectivity index (χ3n) is 2.60. The van der Waals surface area contributed by atoms with Crippen molar-refractivity contribution in [2.45, 2.75) is 6.42 Å². The maximum absolute atomic E-state index is 6.10. The average Bonchev–Trinajstić information content (AvgIpc) is 2.42. The Morgan fingerprint density at radius 2 is 2.17 bits per heavy atom. The lowest BCUT2D eigenvalue weighted by Gasteiger charge is -2.09. The lowest BCUT2D eigenvalue weighted by Crippen LogP contribution is -2.06. The van der Waals surface area contributed by atoms with Crippen LogP contribution in [-0.4, -0.2) is 18.6 Å². The van der Waals surface area contributed by atoms with Crippen LogP contribution in [0.1, 0.15) is 5.69 Å². The summed E-state index contributed by atoms with van der Waals surface area (Å²) in [5.74, 6) is 0.791. The minimum atomic E-state index is 0.692. The van der Waals surface area contributed by atoms with Crippen LogP contribution in [0.5, 0.6) is 5.75 Å². The summed E-state index contributed by atoms with van der Waals surface area (Å²) in [6, 6.07) is 11.5. The Hall–Kier alpha value is -1.74. The maximum Gasteiger partial charge on any atom is 0.121 e. The third-order valence-corrected chi connectivity index (χ3v) is 2.93. The first-order valence-electron chi connectivity index (χ1n) is 5.77. The van der Waals surface area contributed by atoms with Gasteiger partial charge in [-0.1, -0.05) is 17.7 Å². The monoisotopic (exact) mass is 262 g/mol. The summed E-state index contributed by atoms with van der Waals surface area (Å²) in [6.07, 6.45) is 2.65. The van der Waals surface area contributed by atoms with Gasteiger partial charge >= 0.3 is 0 Å². The van der Waals surface area contributed by atoms with Crippen LogP contribution >= 0.6 is 11.6 Å². The highest BCUT2D eigenvalue weighted by atomic mass is 35.5. The zero-order valence-corrected chi connectivity index (χ0v) is 10.9. The molecule has 1 aromatic heterocycles. The predicted octanol–water partition coefficient (Wildman–Crippen LogP) is 3.40. The second-order valence-electron chi connectivity index (χ2n) is 3.84. The number of hydrogen-bond acceptors (Lipinski definition) is 3. The van der Waals surface area contributed by atoms with E-state index in [1.807, 2.05) is 36.4 Å². The molecular formula is C14H15ClN2O. The Kier molecular flexibility index (Phi) is 4.42. The number of pyridine rings is 1. The molecule has 2 rings (SSSR count). The lowest BCUT2D eigenvalue weighted by atomic mass is 10.2. The molecule has 0 amide bonds. The molecular weight excluding hydrogens is 248 g/mol. The Labute approximate surface area is 112 Å². The number of anilines is 1. The van der Waals surface area contributed by atoms with Gasteiger partial charge in [0.2, 0.25) is 0 Å². The van der Waals surface area contributed by atoms with Gasteiger partial charge in [-0.3, -0.25) is 4.98 Å². The number of ether oxygens (including phenoxy) is 1. The van der Waals surface area contributed by atoms with E-state index in [1.54, 1.807) is 13.3 Å². The second-order valence-corrected chi connectivity index (χ2v) is 4.25. The fraction of sp³-hybridized carbons (Fsp3) is 0.214. The van der Waals surface area contributed by atoms with Crippen LogP contribution in [0.15, 0.2) is 42.6 Å². The highest BCUT2D eigenvalue weighted by molar-refractivity contribution is 6.33. The van der Waals surface area contributed by atoms with Crippen molar-refractivity contribution in [3.05, 3.63) is 53.3 Å². The average molecular weight is 263 g/mol. The van der Waals surface area contributed by atoms with Crippen molar-refractivity contribution in [3.8, 4) is 5.75 Å². The van der Waals surface area contributed by atoms with Gasteiger partial charge in [-0.25, -0.2) is 0 Å². The van der Waals surface area contributed by atoms with Crippen LogP contribution in [0.3, 0.4) is 0 Å². The quantitative estimate of drug-likeness (QED) is 0.897. The van der Waals surface area contributed by atoms with Crippen molar-refractivity contribution in [1.29, 1.82) is 0 Å². The van der Waals surface area contributed by atoms with Gasteiger partial charge in [0.1, 0.15) is 5.75 Å². The smallest absolute Gasteiger partial charge is 0.121 e. The van der Waals surface area contributed by atoms with Gasteiger partial charge in [-0.2, -0.15) is 0 Å². The van der Waals surface area contributed by atoms with E-state index in [-0.39, 0.29) is 0 Å². The number of benzene rings is 1. The number of nitrogens with one attached hydrogen (secondary N) is 1. The minimum absolute atomic E-state index is 0.692. The largest absolute Gasteiger partial charge is 0.497 e. The molecule has 2 aromatic rings. The molecule has 3 nitrogen and oxygen atoms in total. The van der Waals surface area contributed by atoms with E-state index in [9.17, 15) is 0 Å². The number of methoxy groups -OCH3 is 1. The summed E-state index contributed by atoms with van der Waals surface area (Å²) in [4.78, 5) is 4.27. The van der Waals surface area contributed by atoms with Crippen molar-refractivity contribution < 1.29 is 4.74 Å². The molecule has 0 bridgehead atoms. The standard InChI is InChI=1S/C14H15ClN2O/c1-18-12-5-6-13(15)14(10-12)17-9-7-11-4-2-3-8-16-11/h2-6,8,10,17H,7,9H2,1H3. The van der Waals surface area contributed by atoms with Crippen molar-refractivity contribution >= 4 is 17.3 Å². The molecule has 0 fully saturated rings. The summed E-state index contributed by atoms with van der Waals surface area (Å²) in [7, 11) is 1.64. The Balaban J connectivity index is 1.94.